The third-order valence-corrected chi connectivity index (χ3v) is 4.43. The number of aromatic nitrogens is 3. The molecule has 1 atom stereocenters. The molecule has 7 heteroatoms. The maximum absolute atomic E-state index is 12.7. The molecule has 0 aliphatic rings. The zero-order valence-corrected chi connectivity index (χ0v) is 14.4. The van der Waals surface area contributed by atoms with E-state index in [1.165, 1.54) is 11.6 Å². The van der Waals surface area contributed by atoms with Crippen molar-refractivity contribution < 1.29 is 5.11 Å². The van der Waals surface area contributed by atoms with Gasteiger partial charge < -0.3 is 9.67 Å². The molecule has 0 saturated heterocycles. The number of aliphatic hydroxyl groups excluding tert-OH is 1. The first-order chi connectivity index (χ1) is 11.3. The van der Waals surface area contributed by atoms with Gasteiger partial charge in [0.05, 0.1) is 22.7 Å². The van der Waals surface area contributed by atoms with Gasteiger partial charge in [-0.15, -0.1) is 0 Å². The molecule has 0 fully saturated rings. The Morgan fingerprint density at radius 3 is 2.46 bits per heavy atom. The highest BCUT2D eigenvalue weighted by Gasteiger charge is 2.21. The Morgan fingerprint density at radius 1 is 1.17 bits per heavy atom. The van der Waals surface area contributed by atoms with Crippen LogP contribution in [0.3, 0.4) is 0 Å². The van der Waals surface area contributed by atoms with Crippen molar-refractivity contribution in [3.05, 3.63) is 56.3 Å². The summed E-state index contributed by atoms with van der Waals surface area (Å²) in [6, 6.07) is 7.21. The highest BCUT2D eigenvalue weighted by atomic mass is 35.5. The van der Waals surface area contributed by atoms with Gasteiger partial charge in [-0.25, -0.2) is 4.79 Å². The van der Waals surface area contributed by atoms with Crippen molar-refractivity contribution in [1.82, 2.24) is 13.7 Å². The van der Waals surface area contributed by atoms with Crippen LogP contribution >= 0.6 is 11.6 Å². The Kier molecular flexibility index (Phi) is 4.11. The van der Waals surface area contributed by atoms with Crippen molar-refractivity contribution in [3.8, 4) is 11.3 Å². The number of aryl methyl sites for hydroxylation is 1. The first kappa shape index (κ1) is 16.5. The number of aliphatic hydroxyl groups is 1. The molecule has 0 saturated carbocycles. The quantitative estimate of drug-likeness (QED) is 0.784. The van der Waals surface area contributed by atoms with Crippen LogP contribution in [0.15, 0.2) is 40.1 Å². The van der Waals surface area contributed by atoms with Gasteiger partial charge in [0.2, 0.25) is 0 Å². The van der Waals surface area contributed by atoms with Gasteiger partial charge in [-0.05, 0) is 13.0 Å². The minimum atomic E-state index is -0.617. The third-order valence-electron chi connectivity index (χ3n) is 4.10. The molecule has 0 radical (unpaired) electrons. The smallest absolute Gasteiger partial charge is 0.330 e. The normalized spacial score (nSPS) is 12.7. The van der Waals surface area contributed by atoms with Crippen LogP contribution in [0, 0.1) is 0 Å². The first-order valence-corrected chi connectivity index (χ1v) is 7.92. The SMILES string of the molecule is CC(O)Cn1cc2c(c1-c1ccccc1Cl)c(=O)n(C)c(=O)n2C. The minimum absolute atomic E-state index is 0.284. The molecule has 0 bridgehead atoms. The fourth-order valence-corrected chi connectivity index (χ4v) is 3.19. The molecule has 0 spiro atoms. The lowest BCUT2D eigenvalue weighted by Gasteiger charge is -2.12. The lowest BCUT2D eigenvalue weighted by atomic mass is 10.1. The van der Waals surface area contributed by atoms with E-state index in [-0.39, 0.29) is 12.1 Å². The van der Waals surface area contributed by atoms with E-state index in [0.29, 0.717) is 27.2 Å². The second-order valence-corrected chi connectivity index (χ2v) is 6.33. The number of nitrogens with zero attached hydrogens (tertiary/aromatic N) is 3. The summed E-state index contributed by atoms with van der Waals surface area (Å²) in [5, 5.41) is 10.7. The van der Waals surface area contributed by atoms with Crippen molar-refractivity contribution >= 4 is 22.5 Å². The molecular weight excluding hydrogens is 330 g/mol. The van der Waals surface area contributed by atoms with Crippen LogP contribution < -0.4 is 11.2 Å². The van der Waals surface area contributed by atoms with Gasteiger partial charge in [0.15, 0.2) is 0 Å². The molecule has 0 aliphatic heterocycles. The lowest BCUT2D eigenvalue weighted by Crippen LogP contribution is -2.36. The van der Waals surface area contributed by atoms with Gasteiger partial charge >= 0.3 is 5.69 Å². The largest absolute Gasteiger partial charge is 0.392 e. The molecule has 126 valence electrons. The molecule has 6 nitrogen and oxygen atoms in total. The summed E-state index contributed by atoms with van der Waals surface area (Å²) in [6.07, 6.45) is 1.10. The summed E-state index contributed by atoms with van der Waals surface area (Å²) in [7, 11) is 3.07. The van der Waals surface area contributed by atoms with Gasteiger partial charge in [0, 0.05) is 37.4 Å². The van der Waals surface area contributed by atoms with E-state index < -0.39 is 11.8 Å². The molecule has 1 unspecified atom stereocenters. The van der Waals surface area contributed by atoms with E-state index in [0.717, 1.165) is 4.57 Å². The zero-order valence-electron chi connectivity index (χ0n) is 13.7. The lowest BCUT2D eigenvalue weighted by molar-refractivity contribution is 0.174. The topological polar surface area (TPSA) is 69.2 Å². The van der Waals surface area contributed by atoms with E-state index in [1.807, 2.05) is 18.2 Å². The van der Waals surface area contributed by atoms with Gasteiger partial charge in [0.25, 0.3) is 5.56 Å². The number of hydrogen-bond acceptors (Lipinski definition) is 3. The Hall–Kier alpha value is -2.31. The summed E-state index contributed by atoms with van der Waals surface area (Å²) in [5.41, 5.74) is 1.02. The Morgan fingerprint density at radius 2 is 1.83 bits per heavy atom. The summed E-state index contributed by atoms with van der Waals surface area (Å²) in [4.78, 5) is 24.9. The fraction of sp³-hybridized carbons (Fsp3) is 0.294. The van der Waals surface area contributed by atoms with E-state index in [1.54, 1.807) is 30.8 Å². The van der Waals surface area contributed by atoms with Crippen molar-refractivity contribution in [3.63, 3.8) is 0 Å². The maximum atomic E-state index is 12.7. The van der Waals surface area contributed by atoms with E-state index in [9.17, 15) is 14.7 Å². The highest BCUT2D eigenvalue weighted by molar-refractivity contribution is 6.33. The number of fused-ring (bicyclic) bond motifs is 1. The number of benzene rings is 1. The Labute approximate surface area is 143 Å². The average Bonchev–Trinajstić information content (AvgIpc) is 2.90. The summed E-state index contributed by atoms with van der Waals surface area (Å²) >= 11 is 6.33. The van der Waals surface area contributed by atoms with Crippen LogP contribution in [0.5, 0.6) is 0 Å². The minimum Gasteiger partial charge on any atom is -0.392 e. The van der Waals surface area contributed by atoms with Crippen molar-refractivity contribution in [2.75, 3.05) is 0 Å². The maximum Gasteiger partial charge on any atom is 0.330 e. The molecule has 3 aromatic rings. The number of hydrogen-bond donors (Lipinski definition) is 1. The second kappa shape index (κ2) is 5.96. The fourth-order valence-electron chi connectivity index (χ4n) is 2.96. The molecule has 3 rings (SSSR count). The molecule has 2 heterocycles. The standard InChI is InChI=1S/C17H18ClN3O3/c1-10(22)8-21-9-13-14(16(23)20(3)17(24)19(13)2)15(21)11-6-4-5-7-12(11)18/h4-7,9-10,22H,8H2,1-3H3. The van der Waals surface area contributed by atoms with E-state index >= 15 is 0 Å². The summed E-state index contributed by atoms with van der Waals surface area (Å²) < 4.78 is 4.28. The highest BCUT2D eigenvalue weighted by Crippen LogP contribution is 2.33. The van der Waals surface area contributed by atoms with Crippen LogP contribution in [0.2, 0.25) is 5.02 Å². The Balaban J connectivity index is 2.52. The monoisotopic (exact) mass is 347 g/mol. The van der Waals surface area contributed by atoms with E-state index in [2.05, 4.69) is 0 Å². The van der Waals surface area contributed by atoms with Crippen molar-refractivity contribution in [1.29, 1.82) is 0 Å². The van der Waals surface area contributed by atoms with Crippen LogP contribution in [-0.4, -0.2) is 24.9 Å². The Bertz CT molecular complexity index is 1040. The summed E-state index contributed by atoms with van der Waals surface area (Å²) in [6.45, 7) is 1.95. The van der Waals surface area contributed by atoms with Gasteiger partial charge in [-0.3, -0.25) is 13.9 Å². The molecule has 0 amide bonds. The second-order valence-electron chi connectivity index (χ2n) is 5.92. The van der Waals surface area contributed by atoms with Crippen LogP contribution in [-0.2, 0) is 20.6 Å². The molecule has 1 aromatic carbocycles. The van der Waals surface area contributed by atoms with Gasteiger partial charge in [0.1, 0.15) is 0 Å². The van der Waals surface area contributed by atoms with Crippen molar-refractivity contribution in [2.45, 2.75) is 19.6 Å². The van der Waals surface area contributed by atoms with Gasteiger partial charge in [-0.1, -0.05) is 29.8 Å². The number of rotatable bonds is 3. The van der Waals surface area contributed by atoms with E-state index in [4.69, 9.17) is 11.6 Å². The predicted molar refractivity (Wildman–Crippen MR) is 94.5 cm³/mol. The molecular formula is C17H18ClN3O3. The molecule has 0 aliphatic carbocycles. The van der Waals surface area contributed by atoms with Crippen LogP contribution in [0.4, 0.5) is 0 Å². The van der Waals surface area contributed by atoms with Crippen molar-refractivity contribution in [2.24, 2.45) is 14.1 Å². The number of halogens is 1. The first-order valence-electron chi connectivity index (χ1n) is 7.54. The molecule has 24 heavy (non-hydrogen) atoms. The third kappa shape index (κ3) is 2.48. The van der Waals surface area contributed by atoms with Crippen LogP contribution in [0.1, 0.15) is 6.92 Å². The molecule has 2 aromatic heterocycles. The molecule has 1 N–H and O–H groups in total. The average molecular weight is 348 g/mol. The summed E-state index contributed by atoms with van der Waals surface area (Å²) in [5.74, 6) is 0. The predicted octanol–water partition coefficient (Wildman–Crippen LogP) is 1.74. The zero-order chi connectivity index (χ0) is 17.6. The van der Waals surface area contributed by atoms with Crippen LogP contribution in [0.25, 0.3) is 22.2 Å². The van der Waals surface area contributed by atoms with Gasteiger partial charge in [-0.2, -0.15) is 0 Å².